The number of nitrogens with zero attached hydrogens (tertiary/aromatic N) is 3. The number of likely N-dealkylation sites (tertiary alicyclic amines) is 1. The maximum Gasteiger partial charge on any atom is 0.253 e. The summed E-state index contributed by atoms with van der Waals surface area (Å²) in [7, 11) is 1.45. The zero-order valence-electron chi connectivity index (χ0n) is 48.5. The Hall–Kier alpha value is -6.87. The second kappa shape index (κ2) is 31.7. The Balaban J connectivity index is 1.36. The molecule has 0 bridgehead atoms. The van der Waals surface area contributed by atoms with Crippen LogP contribution in [-0.2, 0) is 76.1 Å². The summed E-state index contributed by atoms with van der Waals surface area (Å²) in [5.41, 5.74) is 12.3. The van der Waals surface area contributed by atoms with Crippen molar-refractivity contribution in [3.63, 3.8) is 0 Å². The third-order valence-electron chi connectivity index (χ3n) is 15.9. The van der Waals surface area contributed by atoms with Crippen LogP contribution < -0.4 is 48.1 Å². The molecular formula is C55H80N12O17S2. The van der Waals surface area contributed by atoms with E-state index < -0.39 is 170 Å². The molecule has 4 aliphatic rings. The minimum Gasteiger partial charge on any atom is -0.610 e. The number of fused-ring (bicyclic) bond motifs is 4. The van der Waals surface area contributed by atoms with Crippen molar-refractivity contribution in [3.8, 4) is 5.75 Å². The normalized spacial score (nSPS) is 24.6. The van der Waals surface area contributed by atoms with Gasteiger partial charge < -0.3 is 87.9 Å². The lowest BCUT2D eigenvalue weighted by molar-refractivity contribution is -0.144. The molecule has 31 heteroatoms. The number of aromatic nitrogens is 1. The number of methoxy groups -OCH3 is 1. The van der Waals surface area contributed by atoms with Crippen LogP contribution in [0.25, 0.3) is 10.9 Å². The van der Waals surface area contributed by atoms with Crippen LogP contribution in [0, 0.1) is 11.8 Å². The smallest absolute Gasteiger partial charge is 0.253 e. The van der Waals surface area contributed by atoms with E-state index in [9.17, 15) is 73.2 Å². The molecule has 1 aromatic carbocycles. The van der Waals surface area contributed by atoms with Crippen molar-refractivity contribution in [2.45, 2.75) is 143 Å². The number of hydrogen-bond donors (Lipinski definition) is 13. The van der Waals surface area contributed by atoms with Crippen LogP contribution in [0.5, 0.6) is 5.75 Å². The number of thioether (sulfide) groups is 1. The van der Waals surface area contributed by atoms with Gasteiger partial charge in [-0.05, 0) is 37.3 Å². The molecule has 474 valence electrons. The van der Waals surface area contributed by atoms with E-state index >= 15 is 4.55 Å². The van der Waals surface area contributed by atoms with E-state index in [0.29, 0.717) is 67.4 Å². The maximum absolute atomic E-state index is 15.3. The Labute approximate surface area is 503 Å². The van der Waals surface area contributed by atoms with Gasteiger partial charge in [-0.15, -0.1) is 0 Å². The van der Waals surface area contributed by atoms with Crippen LogP contribution >= 0.6 is 11.8 Å². The molecular weight excluding hydrogens is 1160 g/mol. The van der Waals surface area contributed by atoms with Gasteiger partial charge in [-0.2, -0.15) is 11.8 Å². The number of H-pyrrole nitrogens is 1. The van der Waals surface area contributed by atoms with E-state index in [1.165, 1.54) is 37.9 Å². The summed E-state index contributed by atoms with van der Waals surface area (Å²) >= 11 is -0.881. The Morgan fingerprint density at radius 3 is 2.33 bits per heavy atom. The predicted octanol–water partition coefficient (Wildman–Crippen LogP) is -4.48. The van der Waals surface area contributed by atoms with Crippen molar-refractivity contribution in [2.24, 2.45) is 23.3 Å². The van der Waals surface area contributed by atoms with E-state index in [4.69, 9.17) is 16.2 Å². The number of aromatic amines is 1. The van der Waals surface area contributed by atoms with E-state index in [-0.39, 0.29) is 58.7 Å². The first-order valence-corrected chi connectivity index (χ1v) is 31.0. The van der Waals surface area contributed by atoms with Gasteiger partial charge in [0.1, 0.15) is 35.7 Å². The topological polar surface area (TPSA) is 451 Å². The highest BCUT2D eigenvalue weighted by Gasteiger charge is 2.45. The molecule has 6 rings (SSSR count). The molecule has 2 fully saturated rings. The molecule has 86 heavy (non-hydrogen) atoms. The molecule has 15 N–H and O–H groups in total. The average molecular weight is 1250 g/mol. The zero-order valence-corrected chi connectivity index (χ0v) is 50.1. The minimum atomic E-state index is -2.41. The van der Waals surface area contributed by atoms with Crippen LogP contribution in [0.15, 0.2) is 29.3 Å². The summed E-state index contributed by atoms with van der Waals surface area (Å²) in [6.07, 6.45) is 1.02. The van der Waals surface area contributed by atoms with Crippen molar-refractivity contribution in [3.05, 3.63) is 35.4 Å². The van der Waals surface area contributed by atoms with Crippen molar-refractivity contribution >= 4 is 98.8 Å². The van der Waals surface area contributed by atoms with Crippen LogP contribution in [0.4, 0.5) is 0 Å². The molecule has 1 aromatic heterocycles. The third kappa shape index (κ3) is 17.4. The Kier molecular flexibility index (Phi) is 25.1. The molecule has 11 amide bonds. The lowest BCUT2D eigenvalue weighted by atomic mass is 9.94. The van der Waals surface area contributed by atoms with Crippen molar-refractivity contribution in [1.82, 2.24) is 51.6 Å². The van der Waals surface area contributed by atoms with Crippen LogP contribution in [0.2, 0.25) is 0 Å². The Morgan fingerprint density at radius 1 is 0.953 bits per heavy atom. The summed E-state index contributed by atoms with van der Waals surface area (Å²) in [5, 5.41) is 58.0. The molecule has 0 saturated carbocycles. The lowest BCUT2D eigenvalue weighted by Crippen LogP contribution is -2.61. The Morgan fingerprint density at radius 2 is 1.67 bits per heavy atom. The first-order valence-electron chi connectivity index (χ1n) is 28.6. The number of unbranched alkanes of at least 4 members (excludes halogenated alkanes) is 2. The maximum atomic E-state index is 15.3. The highest BCUT2D eigenvalue weighted by atomic mass is 32.2. The van der Waals surface area contributed by atoms with Gasteiger partial charge in [-0.1, -0.05) is 33.6 Å². The molecule has 1 unspecified atom stereocenters. The molecule has 4 aliphatic heterocycles. The van der Waals surface area contributed by atoms with E-state index in [1.54, 1.807) is 30.9 Å². The van der Waals surface area contributed by atoms with Gasteiger partial charge in [0, 0.05) is 102 Å². The highest BCUT2D eigenvalue weighted by Crippen LogP contribution is 2.38. The number of carbonyl (C=O) groups is 11. The van der Waals surface area contributed by atoms with Gasteiger partial charge in [-0.25, -0.2) is 0 Å². The summed E-state index contributed by atoms with van der Waals surface area (Å²) in [5.74, 6) is -10.4. The van der Waals surface area contributed by atoms with Gasteiger partial charge in [0.2, 0.25) is 58.2 Å². The number of rotatable bonds is 24. The van der Waals surface area contributed by atoms with E-state index in [2.05, 4.69) is 36.9 Å². The van der Waals surface area contributed by atoms with Crippen LogP contribution in [0.3, 0.4) is 0 Å². The molecule has 0 radical (unpaired) electrons. The predicted molar refractivity (Wildman–Crippen MR) is 311 cm³/mol. The monoisotopic (exact) mass is 1240 g/mol. The summed E-state index contributed by atoms with van der Waals surface area (Å²) < 4.78 is 21.1. The second-order valence-electron chi connectivity index (χ2n) is 21.9. The van der Waals surface area contributed by atoms with Crippen molar-refractivity contribution in [2.75, 3.05) is 65.3 Å². The van der Waals surface area contributed by atoms with Gasteiger partial charge >= 0.3 is 0 Å². The summed E-state index contributed by atoms with van der Waals surface area (Å²) in [6, 6.07) is -6.04. The number of imide groups is 1. The van der Waals surface area contributed by atoms with Gasteiger partial charge in [0.25, 0.3) is 11.8 Å². The van der Waals surface area contributed by atoms with E-state index in [1.807, 2.05) is 0 Å². The van der Waals surface area contributed by atoms with Crippen LogP contribution in [0.1, 0.15) is 83.3 Å². The number of aliphatic hydroxyl groups excluding tert-OH is 4. The van der Waals surface area contributed by atoms with E-state index in [0.717, 1.165) is 9.80 Å². The molecule has 2 saturated heterocycles. The number of nitrogens with one attached hydrogen (secondary N) is 7. The number of aliphatic hydroxyl groups is 4. The molecule has 2 aromatic rings. The van der Waals surface area contributed by atoms with Crippen molar-refractivity contribution < 1.29 is 82.5 Å². The minimum absolute atomic E-state index is 0.0402. The molecule has 29 nitrogen and oxygen atoms in total. The number of benzene rings is 1. The largest absolute Gasteiger partial charge is 0.610 e. The van der Waals surface area contributed by atoms with Crippen molar-refractivity contribution in [1.29, 1.82) is 0 Å². The fourth-order valence-corrected chi connectivity index (χ4v) is 13.4. The van der Waals surface area contributed by atoms with Gasteiger partial charge in [0.05, 0.1) is 63.6 Å². The standard InChI is InChI=1S/C55H80N12O17S2/c1-5-28(2)47(62-42(73)20-56)52(80)58-21-43(74)60-37-27-86(83)54-34(33-10-11-40(84-4)35(49(33)64-54)26-85-32-14-16-65(23-32)44(75)9-7-6-8-15-66-45(76)12-13-46(66)77)17-30(24-68)59-53(81)48(29(3)39(71)25-69)63-51(79)38-18-31(70)22-67(38)55(82)36(19-41(57)72)61-50(37)78/h10-13,28-32,36-39,47-48,64,68-71H,5-9,14-27,56H2,1-4H3,(H2,57,72)(H,58,80)(H,59,81)(H,60,74)(H,61,78)(H,62,73)(H,63,79)/t28-,29-,30-,31+,32-,36-,37-,38-,39-,47-,48-,86?/m0/s1. The fourth-order valence-electron chi connectivity index (χ4n) is 10.7. The average Bonchev–Trinajstić information content (AvgIpc) is 1.85. The molecule has 5 heterocycles. The number of ether oxygens (including phenoxy) is 1. The first kappa shape index (κ1) is 68.2. The summed E-state index contributed by atoms with van der Waals surface area (Å²) in [4.78, 5) is 154. The number of carbonyl (C=O) groups excluding carboxylic acids is 11. The Bertz CT molecular complexity index is 2860. The molecule has 12 atom stereocenters. The SMILES string of the molecule is CC[C@H](C)[C@H](NC(=O)CN)C(=O)NCC(=O)N[C@H]1C[S+]([O-])c2[nH]c3c(CS[C@H]4CCN(C(=O)CCCCCN5C(=O)C=CC5=O)C4)c(OC)ccc3c2C[C@@H](CO)NC(=O)[C@H]([C@@H](C)[C@@H](O)CO)NC(=O)[C@@H]2C[C@@H](O)CN2C(=O)[C@H](CC(N)=O)NC1=O. The highest BCUT2D eigenvalue weighted by molar-refractivity contribution is 7.99. The quantitative estimate of drug-likeness (QED) is 0.0268. The second-order valence-corrected chi connectivity index (χ2v) is 24.7. The van der Waals surface area contributed by atoms with Gasteiger partial charge in [0.15, 0.2) is 6.04 Å². The number of primary amides is 1. The molecule has 0 spiro atoms. The first-order chi connectivity index (χ1) is 40.9. The van der Waals surface area contributed by atoms with Gasteiger partial charge in [-0.3, -0.25) is 57.6 Å². The third-order valence-corrected chi connectivity index (χ3v) is 18.6. The number of amides is 11. The number of hydrogen-bond acceptors (Lipinski definition) is 19. The summed E-state index contributed by atoms with van der Waals surface area (Å²) in [6.45, 7) is 2.64. The van der Waals surface area contributed by atoms with Crippen LogP contribution in [-0.4, -0.2) is 229 Å². The molecule has 0 aliphatic carbocycles. The zero-order chi connectivity index (χ0) is 63.1. The number of nitrogens with two attached hydrogens (primary N) is 2. The fraction of sp³-hybridized carbons (Fsp3) is 0.618. The lowest BCUT2D eigenvalue weighted by Gasteiger charge is -2.32.